The molecule has 2 aromatic rings. The minimum absolute atomic E-state index is 0.0911. The van der Waals surface area contributed by atoms with Crippen LogP contribution in [0.4, 0.5) is 13.2 Å². The van der Waals surface area contributed by atoms with Crippen LogP contribution in [-0.4, -0.2) is 14.8 Å². The van der Waals surface area contributed by atoms with Gasteiger partial charge in [0, 0.05) is 18.1 Å². The molecule has 0 aliphatic carbocycles. The van der Waals surface area contributed by atoms with Gasteiger partial charge in [-0.15, -0.1) is 0 Å². The number of aromatic nitrogens is 3. The average Bonchev–Trinajstić information content (AvgIpc) is 2.63. The van der Waals surface area contributed by atoms with Gasteiger partial charge in [0.15, 0.2) is 5.82 Å². The van der Waals surface area contributed by atoms with E-state index in [4.69, 9.17) is 11.6 Å². The summed E-state index contributed by atoms with van der Waals surface area (Å²) in [5, 5.41) is 3.84. The van der Waals surface area contributed by atoms with Crippen LogP contribution in [0.5, 0.6) is 0 Å². The van der Waals surface area contributed by atoms with Gasteiger partial charge in [0.25, 0.3) is 0 Å². The third kappa shape index (κ3) is 2.26. The molecule has 0 bridgehead atoms. The van der Waals surface area contributed by atoms with E-state index in [1.165, 1.54) is 10.9 Å². The molecule has 17 heavy (non-hydrogen) atoms. The number of nitrogens with zero attached hydrogens (tertiary/aromatic N) is 3. The van der Waals surface area contributed by atoms with Crippen LogP contribution in [0.25, 0.3) is 5.82 Å². The molecule has 0 aromatic carbocycles. The average molecular weight is 262 g/mol. The summed E-state index contributed by atoms with van der Waals surface area (Å²) in [4.78, 5) is 3.70. The molecule has 7 heteroatoms. The van der Waals surface area contributed by atoms with Gasteiger partial charge < -0.3 is 0 Å². The summed E-state index contributed by atoms with van der Waals surface area (Å²) in [7, 11) is 0. The molecule has 0 unspecified atom stereocenters. The van der Waals surface area contributed by atoms with Crippen molar-refractivity contribution >= 4 is 11.6 Å². The summed E-state index contributed by atoms with van der Waals surface area (Å²) in [6.07, 6.45) is -2.19. The number of alkyl halides is 3. The zero-order chi connectivity index (χ0) is 12.6. The van der Waals surface area contributed by atoms with Crippen molar-refractivity contribution in [3.8, 4) is 5.82 Å². The molecule has 90 valence electrons. The zero-order valence-corrected chi connectivity index (χ0v) is 9.42. The first kappa shape index (κ1) is 11.9. The fraction of sp³-hybridized carbons (Fsp3) is 0.200. The van der Waals surface area contributed by atoms with Crippen molar-refractivity contribution in [1.29, 1.82) is 0 Å². The largest absolute Gasteiger partial charge is 0.417 e. The van der Waals surface area contributed by atoms with Crippen LogP contribution < -0.4 is 0 Å². The van der Waals surface area contributed by atoms with Crippen LogP contribution in [0.3, 0.4) is 0 Å². The lowest BCUT2D eigenvalue weighted by atomic mass is 10.3. The predicted octanol–water partition coefficient (Wildman–Crippen LogP) is 3.25. The standard InChI is InChI=1S/C10H7ClF3N3/c1-6-2-3-16-17(6)9-8(11)4-7(5-15-9)10(12,13)14/h2-5H,1H3. The topological polar surface area (TPSA) is 30.7 Å². The van der Waals surface area contributed by atoms with E-state index in [1.54, 1.807) is 13.0 Å². The van der Waals surface area contributed by atoms with E-state index in [9.17, 15) is 13.2 Å². The first-order chi connectivity index (χ1) is 7.89. The maximum absolute atomic E-state index is 12.4. The molecule has 0 aliphatic rings. The highest BCUT2D eigenvalue weighted by Crippen LogP contribution is 2.31. The molecular formula is C10H7ClF3N3. The van der Waals surface area contributed by atoms with Crippen LogP contribution in [-0.2, 0) is 6.18 Å². The van der Waals surface area contributed by atoms with E-state index in [2.05, 4.69) is 10.1 Å². The summed E-state index contributed by atoms with van der Waals surface area (Å²) in [6.45, 7) is 1.75. The van der Waals surface area contributed by atoms with E-state index in [0.29, 0.717) is 0 Å². The lowest BCUT2D eigenvalue weighted by Crippen LogP contribution is -2.08. The highest BCUT2D eigenvalue weighted by molar-refractivity contribution is 6.32. The number of pyridine rings is 1. The maximum atomic E-state index is 12.4. The molecule has 2 heterocycles. The Balaban J connectivity index is 2.50. The predicted molar refractivity (Wildman–Crippen MR) is 56.1 cm³/mol. The highest BCUT2D eigenvalue weighted by atomic mass is 35.5. The zero-order valence-electron chi connectivity index (χ0n) is 8.66. The molecule has 0 saturated carbocycles. The van der Waals surface area contributed by atoms with Crippen molar-refractivity contribution in [3.63, 3.8) is 0 Å². The summed E-state index contributed by atoms with van der Waals surface area (Å²) < 4.78 is 38.6. The van der Waals surface area contributed by atoms with Crippen LogP contribution in [0.2, 0.25) is 5.02 Å². The van der Waals surface area contributed by atoms with Gasteiger partial charge in [0.2, 0.25) is 0 Å². The third-order valence-electron chi connectivity index (χ3n) is 2.18. The first-order valence-corrected chi connectivity index (χ1v) is 5.01. The summed E-state index contributed by atoms with van der Waals surface area (Å²) in [6, 6.07) is 2.54. The SMILES string of the molecule is Cc1ccnn1-c1ncc(C(F)(F)F)cc1Cl. The number of halogens is 4. The quantitative estimate of drug-likeness (QED) is 0.789. The van der Waals surface area contributed by atoms with E-state index < -0.39 is 11.7 Å². The normalized spacial score (nSPS) is 11.8. The summed E-state index contributed by atoms with van der Waals surface area (Å²) in [5.41, 5.74) is -0.143. The molecule has 2 aromatic heterocycles. The first-order valence-electron chi connectivity index (χ1n) is 4.63. The second-order valence-corrected chi connectivity index (χ2v) is 3.82. The Kier molecular flexibility index (Phi) is 2.82. The van der Waals surface area contributed by atoms with Crippen LogP contribution in [0, 0.1) is 6.92 Å². The van der Waals surface area contributed by atoms with Crippen LogP contribution in [0.15, 0.2) is 24.5 Å². The van der Waals surface area contributed by atoms with Gasteiger partial charge >= 0.3 is 6.18 Å². The molecule has 0 amide bonds. The van der Waals surface area contributed by atoms with E-state index in [-0.39, 0.29) is 10.8 Å². The van der Waals surface area contributed by atoms with Crippen molar-refractivity contribution in [2.24, 2.45) is 0 Å². The molecule has 3 nitrogen and oxygen atoms in total. The Labute approximate surface area is 99.8 Å². The van der Waals surface area contributed by atoms with Gasteiger partial charge in [-0.3, -0.25) is 0 Å². The Hall–Kier alpha value is -1.56. The Morgan fingerprint density at radius 2 is 2.06 bits per heavy atom. The summed E-state index contributed by atoms with van der Waals surface area (Å²) in [5.74, 6) is 0.183. The molecule has 0 saturated heterocycles. The van der Waals surface area contributed by atoms with Gasteiger partial charge in [-0.25, -0.2) is 9.67 Å². The van der Waals surface area contributed by atoms with E-state index in [1.807, 2.05) is 0 Å². The highest BCUT2D eigenvalue weighted by Gasteiger charge is 2.31. The minimum Gasteiger partial charge on any atom is -0.235 e. The Bertz CT molecular complexity index is 548. The Morgan fingerprint density at radius 1 is 1.35 bits per heavy atom. The van der Waals surface area contributed by atoms with Crippen molar-refractivity contribution in [3.05, 3.63) is 40.8 Å². The van der Waals surface area contributed by atoms with E-state index in [0.717, 1.165) is 18.0 Å². The third-order valence-corrected chi connectivity index (χ3v) is 2.46. The fourth-order valence-electron chi connectivity index (χ4n) is 1.33. The summed E-state index contributed by atoms with van der Waals surface area (Å²) >= 11 is 5.78. The van der Waals surface area contributed by atoms with E-state index >= 15 is 0 Å². The van der Waals surface area contributed by atoms with Crippen molar-refractivity contribution < 1.29 is 13.2 Å². The van der Waals surface area contributed by atoms with Crippen molar-refractivity contribution in [2.75, 3.05) is 0 Å². The molecule has 0 atom stereocenters. The number of aryl methyl sites for hydroxylation is 1. The second kappa shape index (κ2) is 4.03. The molecule has 0 aliphatic heterocycles. The minimum atomic E-state index is -4.45. The fourth-order valence-corrected chi connectivity index (χ4v) is 1.58. The lowest BCUT2D eigenvalue weighted by Gasteiger charge is -2.09. The molecule has 0 N–H and O–H groups in total. The second-order valence-electron chi connectivity index (χ2n) is 3.41. The Morgan fingerprint density at radius 3 is 2.53 bits per heavy atom. The van der Waals surface area contributed by atoms with Gasteiger partial charge in [-0.05, 0) is 19.1 Å². The van der Waals surface area contributed by atoms with Gasteiger partial charge in [0.1, 0.15) is 0 Å². The number of hydrogen-bond acceptors (Lipinski definition) is 2. The monoisotopic (exact) mass is 261 g/mol. The van der Waals surface area contributed by atoms with Crippen LogP contribution >= 0.6 is 11.6 Å². The van der Waals surface area contributed by atoms with Gasteiger partial charge in [0.05, 0.1) is 10.6 Å². The smallest absolute Gasteiger partial charge is 0.235 e. The van der Waals surface area contributed by atoms with Crippen molar-refractivity contribution in [1.82, 2.24) is 14.8 Å². The lowest BCUT2D eigenvalue weighted by molar-refractivity contribution is -0.137. The maximum Gasteiger partial charge on any atom is 0.417 e. The molecule has 2 rings (SSSR count). The molecule has 0 spiro atoms. The van der Waals surface area contributed by atoms with Crippen molar-refractivity contribution in [2.45, 2.75) is 13.1 Å². The molecule has 0 radical (unpaired) electrons. The molecule has 0 fully saturated rings. The van der Waals surface area contributed by atoms with Gasteiger partial charge in [-0.1, -0.05) is 11.6 Å². The molecular weight excluding hydrogens is 255 g/mol. The number of hydrogen-bond donors (Lipinski definition) is 0. The number of rotatable bonds is 1. The van der Waals surface area contributed by atoms with Gasteiger partial charge in [-0.2, -0.15) is 18.3 Å². The van der Waals surface area contributed by atoms with Crippen LogP contribution in [0.1, 0.15) is 11.3 Å².